The van der Waals surface area contributed by atoms with Gasteiger partial charge in [-0.1, -0.05) is 6.07 Å². The fourth-order valence-corrected chi connectivity index (χ4v) is 3.36. The van der Waals surface area contributed by atoms with Crippen LogP contribution in [0.15, 0.2) is 17.5 Å². The summed E-state index contributed by atoms with van der Waals surface area (Å²) in [5, 5.41) is 13.5. The highest BCUT2D eigenvalue weighted by Gasteiger charge is 2.26. The summed E-state index contributed by atoms with van der Waals surface area (Å²) in [4.78, 5) is 25.4. The Balaban J connectivity index is 2.00. The van der Waals surface area contributed by atoms with Gasteiger partial charge in [0.25, 0.3) is 0 Å². The molecule has 2 rings (SSSR count). The molecular formula is C11H14N2O3S2. The molecule has 1 aromatic rings. The maximum Gasteiger partial charge on any atom is 0.331 e. The van der Waals surface area contributed by atoms with Crippen LogP contribution < -0.4 is 5.32 Å². The summed E-state index contributed by atoms with van der Waals surface area (Å²) >= 11 is 3.13. The van der Waals surface area contributed by atoms with Crippen molar-refractivity contribution in [2.45, 2.75) is 6.04 Å². The normalized spacial score (nSPS) is 17.2. The van der Waals surface area contributed by atoms with Crippen LogP contribution in [0.1, 0.15) is 10.9 Å². The molecule has 0 spiro atoms. The van der Waals surface area contributed by atoms with Crippen LogP contribution in [0.3, 0.4) is 0 Å². The molecule has 1 atom stereocenters. The van der Waals surface area contributed by atoms with E-state index in [0.29, 0.717) is 18.0 Å². The zero-order valence-electron chi connectivity index (χ0n) is 9.67. The van der Waals surface area contributed by atoms with Crippen molar-refractivity contribution in [1.82, 2.24) is 10.2 Å². The van der Waals surface area contributed by atoms with E-state index < -0.39 is 12.0 Å². The van der Waals surface area contributed by atoms with Gasteiger partial charge in [-0.05, 0) is 11.4 Å². The number of amides is 2. The number of urea groups is 1. The molecule has 1 aromatic heterocycles. The van der Waals surface area contributed by atoms with E-state index in [4.69, 9.17) is 5.11 Å². The fraction of sp³-hybridized carbons (Fsp3) is 0.455. The van der Waals surface area contributed by atoms with E-state index in [-0.39, 0.29) is 6.03 Å². The van der Waals surface area contributed by atoms with Crippen molar-refractivity contribution in [2.75, 3.05) is 24.6 Å². The lowest BCUT2D eigenvalue weighted by Crippen LogP contribution is -2.46. The fourth-order valence-electron chi connectivity index (χ4n) is 1.69. The van der Waals surface area contributed by atoms with Gasteiger partial charge in [-0.25, -0.2) is 9.59 Å². The van der Waals surface area contributed by atoms with Crippen molar-refractivity contribution in [3.05, 3.63) is 22.4 Å². The second kappa shape index (κ2) is 6.10. The van der Waals surface area contributed by atoms with Gasteiger partial charge in [0.05, 0.1) is 0 Å². The first-order valence-corrected chi connectivity index (χ1v) is 7.61. The highest BCUT2D eigenvalue weighted by Crippen LogP contribution is 2.20. The van der Waals surface area contributed by atoms with Crippen LogP contribution in [0.2, 0.25) is 0 Å². The van der Waals surface area contributed by atoms with Gasteiger partial charge in [-0.2, -0.15) is 11.8 Å². The van der Waals surface area contributed by atoms with Crippen molar-refractivity contribution in [2.24, 2.45) is 0 Å². The Morgan fingerprint density at radius 3 is 2.67 bits per heavy atom. The third-order valence-corrected chi connectivity index (χ3v) is 4.52. The number of carbonyl (C=O) groups is 2. The molecule has 2 N–H and O–H groups in total. The molecule has 0 aromatic carbocycles. The number of nitrogens with zero attached hydrogens (tertiary/aromatic N) is 1. The highest BCUT2D eigenvalue weighted by atomic mass is 32.2. The molecule has 7 heteroatoms. The number of aliphatic carboxylic acids is 1. The first-order valence-electron chi connectivity index (χ1n) is 5.58. The number of thiophene rings is 1. The summed E-state index contributed by atoms with van der Waals surface area (Å²) in [6, 6.07) is 2.25. The monoisotopic (exact) mass is 286 g/mol. The average Bonchev–Trinajstić information content (AvgIpc) is 2.90. The number of carbonyl (C=O) groups excluding carboxylic acids is 1. The van der Waals surface area contributed by atoms with Gasteiger partial charge in [0, 0.05) is 29.5 Å². The van der Waals surface area contributed by atoms with E-state index in [0.717, 1.165) is 11.5 Å². The molecule has 18 heavy (non-hydrogen) atoms. The molecule has 2 amide bonds. The number of rotatable bonds is 3. The molecule has 1 fully saturated rings. The minimum absolute atomic E-state index is 0.295. The number of hydrogen-bond donors (Lipinski definition) is 2. The minimum atomic E-state index is -1.03. The van der Waals surface area contributed by atoms with E-state index in [1.807, 2.05) is 0 Å². The second-order valence-electron chi connectivity index (χ2n) is 3.84. The van der Waals surface area contributed by atoms with Gasteiger partial charge >= 0.3 is 12.0 Å². The quantitative estimate of drug-likeness (QED) is 0.886. The third kappa shape index (κ3) is 3.17. The zero-order valence-corrected chi connectivity index (χ0v) is 11.3. The van der Waals surface area contributed by atoms with E-state index >= 15 is 0 Å². The summed E-state index contributed by atoms with van der Waals surface area (Å²) in [5.74, 6) is 0.783. The maximum atomic E-state index is 12.0. The minimum Gasteiger partial charge on any atom is -0.479 e. The Hall–Kier alpha value is -1.21. The molecule has 0 radical (unpaired) electrons. The predicted octanol–water partition coefficient (Wildman–Crippen LogP) is 1.63. The Morgan fingerprint density at radius 1 is 1.39 bits per heavy atom. The molecule has 1 saturated heterocycles. The van der Waals surface area contributed by atoms with Gasteiger partial charge < -0.3 is 15.3 Å². The van der Waals surface area contributed by atoms with E-state index in [1.165, 1.54) is 11.3 Å². The lowest BCUT2D eigenvalue weighted by Gasteiger charge is -2.27. The van der Waals surface area contributed by atoms with E-state index in [9.17, 15) is 9.59 Å². The number of carboxylic acid groups (broad SMARTS) is 1. The van der Waals surface area contributed by atoms with Crippen molar-refractivity contribution in [3.63, 3.8) is 0 Å². The Bertz CT molecular complexity index is 416. The summed E-state index contributed by atoms with van der Waals surface area (Å²) in [6.07, 6.45) is 0. The van der Waals surface area contributed by atoms with Crippen molar-refractivity contribution in [1.29, 1.82) is 0 Å². The van der Waals surface area contributed by atoms with Crippen molar-refractivity contribution in [3.8, 4) is 0 Å². The molecule has 0 aliphatic carbocycles. The van der Waals surface area contributed by atoms with Crippen LogP contribution >= 0.6 is 23.1 Å². The summed E-state index contributed by atoms with van der Waals surface area (Å²) in [7, 11) is 0. The molecule has 5 nitrogen and oxygen atoms in total. The highest BCUT2D eigenvalue weighted by molar-refractivity contribution is 7.99. The third-order valence-electron chi connectivity index (χ3n) is 2.64. The Kier molecular flexibility index (Phi) is 4.48. The van der Waals surface area contributed by atoms with Gasteiger partial charge in [0.2, 0.25) is 0 Å². The van der Waals surface area contributed by atoms with Crippen LogP contribution in [0.4, 0.5) is 4.79 Å². The van der Waals surface area contributed by atoms with Crippen LogP contribution in [0.25, 0.3) is 0 Å². The molecule has 0 saturated carbocycles. The van der Waals surface area contributed by atoms with Gasteiger partial charge in [-0.15, -0.1) is 11.3 Å². The smallest absolute Gasteiger partial charge is 0.331 e. The Labute approximate surface area is 113 Å². The van der Waals surface area contributed by atoms with Crippen LogP contribution in [-0.2, 0) is 4.79 Å². The number of carboxylic acids is 1. The first-order chi connectivity index (χ1) is 8.68. The Morgan fingerprint density at radius 2 is 2.11 bits per heavy atom. The molecule has 2 heterocycles. The molecule has 98 valence electrons. The number of nitrogens with one attached hydrogen (secondary N) is 1. The number of thioether (sulfide) groups is 1. The molecular weight excluding hydrogens is 272 g/mol. The van der Waals surface area contributed by atoms with Crippen LogP contribution in [0, 0.1) is 0 Å². The molecule has 0 bridgehead atoms. The molecule has 1 aliphatic heterocycles. The van der Waals surface area contributed by atoms with Gasteiger partial charge in [0.1, 0.15) is 0 Å². The number of hydrogen-bond acceptors (Lipinski definition) is 4. The lowest BCUT2D eigenvalue weighted by molar-refractivity contribution is -0.139. The summed E-state index contributed by atoms with van der Waals surface area (Å²) < 4.78 is 0. The van der Waals surface area contributed by atoms with Gasteiger partial charge in [-0.3, -0.25) is 0 Å². The van der Waals surface area contributed by atoms with Gasteiger partial charge in [0.15, 0.2) is 6.04 Å². The van der Waals surface area contributed by atoms with Crippen LogP contribution in [0.5, 0.6) is 0 Å². The lowest BCUT2D eigenvalue weighted by atomic mass is 10.2. The summed E-state index contributed by atoms with van der Waals surface area (Å²) in [5.41, 5.74) is 0. The summed E-state index contributed by atoms with van der Waals surface area (Å²) in [6.45, 7) is 1.35. The standard InChI is InChI=1S/C11H14N2O3S2/c14-10(15)9(8-2-1-5-18-8)12-11(16)13-3-6-17-7-4-13/h1-2,5,9H,3-4,6-7H2,(H,12,16)(H,14,15). The average molecular weight is 286 g/mol. The van der Waals surface area contributed by atoms with Crippen molar-refractivity contribution < 1.29 is 14.7 Å². The SMILES string of the molecule is O=C(O)C(NC(=O)N1CCSCC1)c1cccs1. The van der Waals surface area contributed by atoms with Crippen LogP contribution in [-0.4, -0.2) is 46.6 Å². The first kappa shape index (κ1) is 13.2. The van der Waals surface area contributed by atoms with E-state index in [2.05, 4.69) is 5.32 Å². The van der Waals surface area contributed by atoms with Crippen molar-refractivity contribution >= 4 is 35.1 Å². The topological polar surface area (TPSA) is 69.6 Å². The van der Waals surface area contributed by atoms with E-state index in [1.54, 1.807) is 34.2 Å². The zero-order chi connectivity index (χ0) is 13.0. The second-order valence-corrected chi connectivity index (χ2v) is 6.04. The predicted molar refractivity (Wildman–Crippen MR) is 72.1 cm³/mol. The molecule has 1 aliphatic rings. The molecule has 1 unspecified atom stereocenters. The maximum absolute atomic E-state index is 12.0. The largest absolute Gasteiger partial charge is 0.479 e.